The summed E-state index contributed by atoms with van der Waals surface area (Å²) in [6.45, 7) is 2.84. The fourth-order valence-electron chi connectivity index (χ4n) is 4.18. The highest BCUT2D eigenvalue weighted by Crippen LogP contribution is 2.28. The number of rotatable bonds is 7. The number of ether oxygens (including phenoxy) is 1. The van der Waals surface area contributed by atoms with Crippen molar-refractivity contribution in [2.24, 2.45) is 0 Å². The Balaban J connectivity index is 1.39. The number of hydrogen-bond donors (Lipinski definition) is 3. The Hall–Kier alpha value is -3.18. The van der Waals surface area contributed by atoms with E-state index in [0.29, 0.717) is 50.4 Å². The standard InChI is InChI=1S/C23H29N5O5S/c1-15-17(5-8-21(24)26-15)13-25-22(29)14-28-10-3-2-4-19(23(28)30)27-34(31,32)18-6-7-20-16(12-18)9-11-33-20/h5-8,12,19,27H,2-4,9-11,13-14H2,1H3,(H2,24,26)(H,25,29). The highest BCUT2D eigenvalue weighted by atomic mass is 32.2. The number of anilines is 1. The number of aromatic nitrogens is 1. The van der Waals surface area contributed by atoms with Crippen LogP contribution >= 0.6 is 0 Å². The second-order valence-electron chi connectivity index (χ2n) is 8.55. The molecular weight excluding hydrogens is 458 g/mol. The van der Waals surface area contributed by atoms with Gasteiger partial charge in [0.1, 0.15) is 17.6 Å². The number of carbonyl (C=O) groups is 2. The normalized spacial score (nSPS) is 18.2. The molecule has 2 aliphatic heterocycles. The molecule has 1 atom stereocenters. The first kappa shape index (κ1) is 24.0. The summed E-state index contributed by atoms with van der Waals surface area (Å²) in [5.74, 6) is 0.369. The van der Waals surface area contributed by atoms with Crippen LogP contribution in [-0.4, -0.2) is 55.9 Å². The fraction of sp³-hybridized carbons (Fsp3) is 0.435. The van der Waals surface area contributed by atoms with E-state index in [1.807, 2.05) is 0 Å². The van der Waals surface area contributed by atoms with Crippen molar-refractivity contribution in [1.29, 1.82) is 0 Å². The second-order valence-corrected chi connectivity index (χ2v) is 10.3. The molecule has 3 heterocycles. The Morgan fingerprint density at radius 3 is 2.88 bits per heavy atom. The number of hydrogen-bond acceptors (Lipinski definition) is 7. The predicted molar refractivity (Wildman–Crippen MR) is 125 cm³/mol. The maximum Gasteiger partial charge on any atom is 0.241 e. The van der Waals surface area contributed by atoms with Crippen molar-refractivity contribution in [2.75, 3.05) is 25.4 Å². The van der Waals surface area contributed by atoms with Gasteiger partial charge < -0.3 is 20.7 Å². The molecule has 4 N–H and O–H groups in total. The zero-order valence-electron chi connectivity index (χ0n) is 19.0. The van der Waals surface area contributed by atoms with E-state index in [1.165, 1.54) is 11.0 Å². The summed E-state index contributed by atoms with van der Waals surface area (Å²) in [7, 11) is -3.91. The number of nitrogens with two attached hydrogens (primary N) is 1. The molecule has 2 aliphatic rings. The van der Waals surface area contributed by atoms with Crippen LogP contribution in [0.3, 0.4) is 0 Å². The Kier molecular flexibility index (Phi) is 7.03. The number of fused-ring (bicyclic) bond motifs is 1. The van der Waals surface area contributed by atoms with Crippen LogP contribution in [0.5, 0.6) is 5.75 Å². The summed E-state index contributed by atoms with van der Waals surface area (Å²) in [4.78, 5) is 31.3. The lowest BCUT2D eigenvalue weighted by Crippen LogP contribution is -2.49. The smallest absolute Gasteiger partial charge is 0.241 e. The Bertz CT molecular complexity index is 1200. The van der Waals surface area contributed by atoms with E-state index in [2.05, 4.69) is 15.0 Å². The highest BCUT2D eigenvalue weighted by molar-refractivity contribution is 7.89. The van der Waals surface area contributed by atoms with E-state index in [4.69, 9.17) is 10.5 Å². The van der Waals surface area contributed by atoms with E-state index in [9.17, 15) is 18.0 Å². The van der Waals surface area contributed by atoms with Crippen LogP contribution < -0.4 is 20.5 Å². The van der Waals surface area contributed by atoms with Crippen LogP contribution in [0.1, 0.15) is 36.1 Å². The van der Waals surface area contributed by atoms with E-state index >= 15 is 0 Å². The van der Waals surface area contributed by atoms with Crippen LogP contribution in [-0.2, 0) is 32.6 Å². The number of amides is 2. The van der Waals surface area contributed by atoms with E-state index in [1.54, 1.807) is 31.2 Å². The minimum absolute atomic E-state index is 0.102. The second kappa shape index (κ2) is 9.98. The third-order valence-corrected chi connectivity index (χ3v) is 7.55. The topological polar surface area (TPSA) is 144 Å². The van der Waals surface area contributed by atoms with Crippen molar-refractivity contribution in [3.63, 3.8) is 0 Å². The molecule has 0 saturated carbocycles. The van der Waals surface area contributed by atoms with Gasteiger partial charge in [0.15, 0.2) is 0 Å². The molecule has 4 rings (SSSR count). The first-order chi connectivity index (χ1) is 16.2. The van der Waals surface area contributed by atoms with E-state index in [-0.39, 0.29) is 23.9 Å². The van der Waals surface area contributed by atoms with Crippen molar-refractivity contribution < 1.29 is 22.7 Å². The molecule has 2 amide bonds. The lowest BCUT2D eigenvalue weighted by Gasteiger charge is -2.24. The molecular formula is C23H29N5O5S. The number of carbonyl (C=O) groups excluding carboxylic acids is 2. The van der Waals surface area contributed by atoms with Gasteiger partial charge in [-0.1, -0.05) is 6.07 Å². The van der Waals surface area contributed by atoms with Crippen molar-refractivity contribution in [2.45, 2.75) is 50.1 Å². The number of sulfonamides is 1. The van der Waals surface area contributed by atoms with Crippen LogP contribution in [0.25, 0.3) is 0 Å². The number of likely N-dealkylation sites (tertiary alicyclic amines) is 1. The molecule has 10 nitrogen and oxygen atoms in total. The van der Waals surface area contributed by atoms with Gasteiger partial charge in [-0.25, -0.2) is 13.4 Å². The zero-order chi connectivity index (χ0) is 24.3. The number of nitrogen functional groups attached to an aromatic ring is 1. The van der Waals surface area contributed by atoms with Crippen LogP contribution in [0.4, 0.5) is 5.82 Å². The number of nitrogens with zero attached hydrogens (tertiary/aromatic N) is 2. The number of aryl methyl sites for hydroxylation is 1. The molecule has 1 aromatic carbocycles. The number of benzene rings is 1. The summed E-state index contributed by atoms with van der Waals surface area (Å²) in [5, 5.41) is 2.80. The first-order valence-corrected chi connectivity index (χ1v) is 12.8. The Morgan fingerprint density at radius 2 is 2.09 bits per heavy atom. The van der Waals surface area contributed by atoms with E-state index < -0.39 is 22.0 Å². The summed E-state index contributed by atoms with van der Waals surface area (Å²) >= 11 is 0. The fourth-order valence-corrected chi connectivity index (χ4v) is 5.45. The van der Waals surface area contributed by atoms with Crippen molar-refractivity contribution in [1.82, 2.24) is 19.9 Å². The minimum atomic E-state index is -3.91. The van der Waals surface area contributed by atoms with Crippen LogP contribution in [0, 0.1) is 6.92 Å². The molecule has 1 aromatic heterocycles. The van der Waals surface area contributed by atoms with Crippen molar-refractivity contribution >= 4 is 27.7 Å². The van der Waals surface area contributed by atoms with Gasteiger partial charge >= 0.3 is 0 Å². The summed E-state index contributed by atoms with van der Waals surface area (Å²) in [6.07, 6.45) is 2.39. The van der Waals surface area contributed by atoms with Gasteiger partial charge in [-0.3, -0.25) is 9.59 Å². The van der Waals surface area contributed by atoms with Gasteiger partial charge in [0, 0.05) is 25.2 Å². The van der Waals surface area contributed by atoms with Gasteiger partial charge in [-0.05, 0) is 61.6 Å². The molecule has 1 unspecified atom stereocenters. The molecule has 34 heavy (non-hydrogen) atoms. The summed E-state index contributed by atoms with van der Waals surface area (Å²) in [6, 6.07) is 7.25. The van der Waals surface area contributed by atoms with Gasteiger partial charge in [0.25, 0.3) is 0 Å². The minimum Gasteiger partial charge on any atom is -0.493 e. The lowest BCUT2D eigenvalue weighted by molar-refractivity contribution is -0.136. The summed E-state index contributed by atoms with van der Waals surface area (Å²) < 4.78 is 34.0. The molecule has 0 aliphatic carbocycles. The third-order valence-electron chi connectivity index (χ3n) is 6.08. The van der Waals surface area contributed by atoms with Crippen molar-refractivity contribution in [3.05, 3.63) is 47.2 Å². The molecule has 0 radical (unpaired) electrons. The van der Waals surface area contributed by atoms with Crippen molar-refractivity contribution in [3.8, 4) is 5.75 Å². The van der Waals surface area contributed by atoms with Crippen LogP contribution in [0.2, 0.25) is 0 Å². The molecule has 182 valence electrons. The van der Waals surface area contributed by atoms with E-state index in [0.717, 1.165) is 16.8 Å². The predicted octanol–water partition coefficient (Wildman–Crippen LogP) is 0.883. The molecule has 1 saturated heterocycles. The van der Waals surface area contributed by atoms with Gasteiger partial charge in [0.05, 0.1) is 18.0 Å². The summed E-state index contributed by atoms with van der Waals surface area (Å²) in [5.41, 5.74) is 8.04. The lowest BCUT2D eigenvalue weighted by atomic mass is 10.1. The molecule has 0 spiro atoms. The highest BCUT2D eigenvalue weighted by Gasteiger charge is 2.32. The maximum atomic E-state index is 13.1. The zero-order valence-corrected chi connectivity index (χ0v) is 19.9. The van der Waals surface area contributed by atoms with Gasteiger partial charge in [-0.15, -0.1) is 0 Å². The third kappa shape index (κ3) is 5.48. The maximum absolute atomic E-state index is 13.1. The first-order valence-electron chi connectivity index (χ1n) is 11.3. The molecule has 2 aromatic rings. The van der Waals surface area contributed by atoms with Crippen LogP contribution in [0.15, 0.2) is 35.2 Å². The molecule has 1 fully saturated rings. The number of pyridine rings is 1. The quantitative estimate of drug-likeness (QED) is 0.526. The largest absolute Gasteiger partial charge is 0.493 e. The number of nitrogens with one attached hydrogen (secondary N) is 2. The van der Waals surface area contributed by atoms with Gasteiger partial charge in [0.2, 0.25) is 21.8 Å². The SMILES string of the molecule is Cc1nc(N)ccc1CNC(=O)CN1CCCCC(NS(=O)(=O)c2ccc3c(c2)CCO3)C1=O. The Morgan fingerprint density at radius 1 is 1.26 bits per heavy atom. The molecule has 0 bridgehead atoms. The average Bonchev–Trinajstić information content (AvgIpc) is 3.20. The molecule has 11 heteroatoms. The monoisotopic (exact) mass is 487 g/mol. The van der Waals surface area contributed by atoms with Gasteiger partial charge in [-0.2, -0.15) is 4.72 Å². The average molecular weight is 488 g/mol. The Labute approximate surface area is 198 Å².